The summed E-state index contributed by atoms with van der Waals surface area (Å²) in [5.41, 5.74) is 5.07. The predicted molar refractivity (Wildman–Crippen MR) is 46.6 cm³/mol. The van der Waals surface area contributed by atoms with E-state index >= 15 is 0 Å². The van der Waals surface area contributed by atoms with Crippen molar-refractivity contribution in [1.82, 2.24) is 4.98 Å². The van der Waals surface area contributed by atoms with Crippen LogP contribution in [0.3, 0.4) is 0 Å². The molecule has 5 nitrogen and oxygen atoms in total. The Bertz CT molecular complexity index is 388. The molecule has 0 aromatic carbocycles. The van der Waals surface area contributed by atoms with E-state index in [0.717, 1.165) is 0 Å². The molecule has 1 aromatic rings. The highest BCUT2D eigenvalue weighted by Crippen LogP contribution is 2.16. The quantitative estimate of drug-likeness (QED) is 0.593. The van der Waals surface area contributed by atoms with Crippen molar-refractivity contribution >= 4 is 17.6 Å². The molecule has 0 fully saturated rings. The van der Waals surface area contributed by atoms with Crippen LogP contribution in [0.1, 0.15) is 11.6 Å². The minimum Gasteiger partial charge on any atom is -0.480 e. The second kappa shape index (κ2) is 3.59. The molecule has 1 atom stereocenters. The van der Waals surface area contributed by atoms with Gasteiger partial charge in [0.1, 0.15) is 11.2 Å². The van der Waals surface area contributed by atoms with Crippen LogP contribution in [0.25, 0.3) is 0 Å². The lowest BCUT2D eigenvalue weighted by atomic mass is 10.1. The molecule has 1 unspecified atom stereocenters. The molecule has 70 valence electrons. The highest BCUT2D eigenvalue weighted by Gasteiger charge is 2.17. The third-order valence-electron chi connectivity index (χ3n) is 1.50. The van der Waals surface area contributed by atoms with Crippen molar-refractivity contribution < 1.29 is 9.90 Å². The van der Waals surface area contributed by atoms with Crippen LogP contribution in [0.15, 0.2) is 16.9 Å². The number of rotatable bonds is 2. The molecule has 0 saturated carbocycles. The number of halogens is 1. The van der Waals surface area contributed by atoms with E-state index in [2.05, 4.69) is 4.98 Å². The summed E-state index contributed by atoms with van der Waals surface area (Å²) in [4.78, 5) is 23.4. The number of aromatic nitrogens is 1. The van der Waals surface area contributed by atoms with Crippen molar-refractivity contribution in [2.24, 2.45) is 5.73 Å². The molecule has 4 N–H and O–H groups in total. The molecular weight excluding hydrogens is 196 g/mol. The number of hydrogen-bond acceptors (Lipinski definition) is 3. The molecule has 6 heteroatoms. The number of carbonyl (C=O) groups is 1. The lowest BCUT2D eigenvalue weighted by molar-refractivity contribution is -0.138. The summed E-state index contributed by atoms with van der Waals surface area (Å²) in [5.74, 6) is -1.20. The predicted octanol–water partition coefficient (Wildman–Crippen LogP) is 0.113. The van der Waals surface area contributed by atoms with Crippen LogP contribution >= 0.6 is 11.6 Å². The third kappa shape index (κ3) is 2.07. The van der Waals surface area contributed by atoms with Gasteiger partial charge in [-0.2, -0.15) is 0 Å². The molecule has 0 aliphatic carbocycles. The number of aromatic amines is 1. The van der Waals surface area contributed by atoms with Crippen molar-refractivity contribution in [3.63, 3.8) is 0 Å². The molecular formula is C7H7ClN2O3. The van der Waals surface area contributed by atoms with E-state index in [1.54, 1.807) is 0 Å². The van der Waals surface area contributed by atoms with Crippen molar-refractivity contribution in [3.8, 4) is 0 Å². The van der Waals surface area contributed by atoms with Gasteiger partial charge < -0.3 is 15.8 Å². The first-order valence-electron chi connectivity index (χ1n) is 3.39. The number of nitrogens with two attached hydrogens (primary N) is 1. The van der Waals surface area contributed by atoms with E-state index in [0.29, 0.717) is 0 Å². The first-order chi connectivity index (χ1) is 6.02. The number of H-pyrrole nitrogens is 1. The van der Waals surface area contributed by atoms with Crippen molar-refractivity contribution in [1.29, 1.82) is 0 Å². The molecule has 0 radical (unpaired) electrons. The lowest BCUT2D eigenvalue weighted by Gasteiger charge is -2.07. The molecule has 0 spiro atoms. The smallest absolute Gasteiger partial charge is 0.325 e. The number of hydrogen-bond donors (Lipinski definition) is 3. The maximum atomic E-state index is 10.7. The van der Waals surface area contributed by atoms with Crippen LogP contribution in [0.5, 0.6) is 0 Å². The fourth-order valence-electron chi connectivity index (χ4n) is 0.834. The Balaban J connectivity index is 3.16. The molecule has 0 aliphatic heterocycles. The summed E-state index contributed by atoms with van der Waals surface area (Å²) in [6, 6.07) is 1.24. The van der Waals surface area contributed by atoms with Gasteiger partial charge >= 0.3 is 5.97 Å². The van der Waals surface area contributed by atoms with Gasteiger partial charge in [-0.05, 0) is 6.07 Å². The zero-order valence-corrected chi connectivity index (χ0v) is 7.21. The Kier molecular flexibility index (Phi) is 2.69. The Labute approximate surface area is 78.1 Å². The molecule has 1 aromatic heterocycles. The largest absolute Gasteiger partial charge is 0.480 e. The van der Waals surface area contributed by atoms with Crippen LogP contribution in [0.2, 0.25) is 5.15 Å². The van der Waals surface area contributed by atoms with Crippen LogP contribution in [-0.4, -0.2) is 16.1 Å². The summed E-state index contributed by atoms with van der Waals surface area (Å²) in [6.07, 6.45) is 0. The minimum atomic E-state index is -1.22. The van der Waals surface area contributed by atoms with Gasteiger partial charge in [0, 0.05) is 11.6 Å². The van der Waals surface area contributed by atoms with E-state index in [1.165, 1.54) is 12.1 Å². The Morgan fingerprint density at radius 3 is 2.69 bits per heavy atom. The number of carboxylic acid groups (broad SMARTS) is 1. The summed E-state index contributed by atoms with van der Waals surface area (Å²) >= 11 is 5.57. The molecule has 13 heavy (non-hydrogen) atoms. The highest BCUT2D eigenvalue weighted by molar-refractivity contribution is 6.30. The molecule has 0 amide bonds. The molecule has 0 aliphatic rings. The zero-order chi connectivity index (χ0) is 10.0. The average molecular weight is 203 g/mol. The van der Waals surface area contributed by atoms with Crippen molar-refractivity contribution in [2.75, 3.05) is 0 Å². The second-order valence-corrected chi connectivity index (χ2v) is 2.79. The van der Waals surface area contributed by atoms with E-state index in [9.17, 15) is 9.59 Å². The number of aliphatic carboxylic acids is 1. The van der Waals surface area contributed by atoms with E-state index in [-0.39, 0.29) is 10.7 Å². The van der Waals surface area contributed by atoms with Crippen LogP contribution in [0.4, 0.5) is 0 Å². The van der Waals surface area contributed by atoms with Crippen molar-refractivity contribution in [2.45, 2.75) is 6.04 Å². The molecule has 0 bridgehead atoms. The third-order valence-corrected chi connectivity index (χ3v) is 1.81. The van der Waals surface area contributed by atoms with Gasteiger partial charge in [0.05, 0.1) is 0 Å². The zero-order valence-electron chi connectivity index (χ0n) is 6.45. The SMILES string of the molecule is NC(C(=O)O)c1ccc(=O)[nH]c1Cl. The number of pyridine rings is 1. The number of nitrogens with one attached hydrogen (secondary N) is 1. The van der Waals surface area contributed by atoms with Crippen LogP contribution in [0, 0.1) is 0 Å². The summed E-state index contributed by atoms with van der Waals surface area (Å²) < 4.78 is 0. The average Bonchev–Trinajstić information content (AvgIpc) is 2.03. The summed E-state index contributed by atoms with van der Waals surface area (Å²) in [6.45, 7) is 0. The van der Waals surface area contributed by atoms with E-state index in [1.807, 2.05) is 0 Å². The second-order valence-electron chi connectivity index (χ2n) is 2.41. The van der Waals surface area contributed by atoms with Crippen LogP contribution in [-0.2, 0) is 4.79 Å². The maximum absolute atomic E-state index is 10.7. The number of carboxylic acids is 1. The van der Waals surface area contributed by atoms with E-state index in [4.69, 9.17) is 22.4 Å². The maximum Gasteiger partial charge on any atom is 0.325 e. The summed E-state index contributed by atoms with van der Waals surface area (Å²) in [5, 5.41) is 8.51. The Hall–Kier alpha value is -1.33. The van der Waals surface area contributed by atoms with Gasteiger partial charge in [-0.3, -0.25) is 9.59 Å². The Morgan fingerprint density at radius 2 is 2.23 bits per heavy atom. The standard InChI is InChI=1S/C7H7ClN2O3/c8-6-3(5(9)7(12)13)1-2-4(11)10-6/h1-2,5H,9H2,(H,10,11)(H,12,13). The first kappa shape index (κ1) is 9.76. The fourth-order valence-corrected chi connectivity index (χ4v) is 1.11. The topological polar surface area (TPSA) is 96.2 Å². The van der Waals surface area contributed by atoms with Crippen LogP contribution < -0.4 is 11.3 Å². The molecule has 1 rings (SSSR count). The molecule has 0 saturated heterocycles. The van der Waals surface area contributed by atoms with Gasteiger partial charge in [-0.15, -0.1) is 0 Å². The fraction of sp³-hybridized carbons (Fsp3) is 0.143. The van der Waals surface area contributed by atoms with E-state index < -0.39 is 17.6 Å². The summed E-state index contributed by atoms with van der Waals surface area (Å²) in [7, 11) is 0. The van der Waals surface area contributed by atoms with Gasteiger partial charge in [-0.1, -0.05) is 11.6 Å². The van der Waals surface area contributed by atoms with Gasteiger partial charge in [0.2, 0.25) is 5.56 Å². The molecule has 1 heterocycles. The lowest BCUT2D eigenvalue weighted by Crippen LogP contribution is -2.22. The highest BCUT2D eigenvalue weighted by atomic mass is 35.5. The Morgan fingerprint density at radius 1 is 1.62 bits per heavy atom. The van der Waals surface area contributed by atoms with Gasteiger partial charge in [0.25, 0.3) is 0 Å². The van der Waals surface area contributed by atoms with Gasteiger partial charge in [0.15, 0.2) is 0 Å². The minimum absolute atomic E-state index is 0.0394. The normalized spacial score (nSPS) is 12.5. The van der Waals surface area contributed by atoms with Gasteiger partial charge in [-0.25, -0.2) is 0 Å². The monoisotopic (exact) mass is 202 g/mol. The van der Waals surface area contributed by atoms with Crippen molar-refractivity contribution in [3.05, 3.63) is 33.2 Å². The first-order valence-corrected chi connectivity index (χ1v) is 3.77.